The number of amides is 1. The van der Waals surface area contributed by atoms with Gasteiger partial charge in [0.2, 0.25) is 5.91 Å². The molecule has 0 spiro atoms. The quantitative estimate of drug-likeness (QED) is 0.795. The molecule has 0 aromatic carbocycles. The number of aryl methyl sites for hydroxylation is 2. The Hall–Kier alpha value is -2.48. The minimum atomic E-state index is 0.277. The van der Waals surface area contributed by atoms with Crippen LogP contribution in [0.25, 0.3) is 5.82 Å². The summed E-state index contributed by atoms with van der Waals surface area (Å²) in [6, 6.07) is 2.03. The minimum absolute atomic E-state index is 0.277. The van der Waals surface area contributed by atoms with Gasteiger partial charge in [0.15, 0.2) is 5.82 Å². The lowest BCUT2D eigenvalue weighted by Crippen LogP contribution is -2.51. The second-order valence-electron chi connectivity index (χ2n) is 7.78. The van der Waals surface area contributed by atoms with Gasteiger partial charge in [-0.1, -0.05) is 0 Å². The molecule has 0 aliphatic carbocycles. The van der Waals surface area contributed by atoms with E-state index in [9.17, 15) is 4.79 Å². The van der Waals surface area contributed by atoms with E-state index < -0.39 is 0 Å². The SMILES string of the molecule is Cc1cc(C)n(-c2cncc(N3CCN(CC(=O)N4CCCCC4)CC3)n2)n1. The van der Waals surface area contributed by atoms with E-state index in [1.807, 2.05) is 35.7 Å². The number of hydrogen-bond acceptors (Lipinski definition) is 6. The van der Waals surface area contributed by atoms with Crippen LogP contribution < -0.4 is 4.90 Å². The van der Waals surface area contributed by atoms with Gasteiger partial charge in [0.25, 0.3) is 0 Å². The van der Waals surface area contributed by atoms with Gasteiger partial charge in [-0.3, -0.25) is 14.7 Å². The molecule has 0 atom stereocenters. The third-order valence-electron chi connectivity index (χ3n) is 5.60. The van der Waals surface area contributed by atoms with Crippen LogP contribution in [0.15, 0.2) is 18.5 Å². The molecule has 2 aromatic rings. The Balaban J connectivity index is 1.35. The Kier molecular flexibility index (Phi) is 5.57. The number of carbonyl (C=O) groups excluding carboxylic acids is 1. The second kappa shape index (κ2) is 8.26. The van der Waals surface area contributed by atoms with E-state index in [4.69, 9.17) is 4.98 Å². The molecule has 4 heterocycles. The number of carbonyl (C=O) groups is 1. The van der Waals surface area contributed by atoms with Gasteiger partial charge in [-0.2, -0.15) is 5.10 Å². The van der Waals surface area contributed by atoms with E-state index in [1.165, 1.54) is 6.42 Å². The molecule has 1 amide bonds. The molecule has 8 heteroatoms. The first-order valence-corrected chi connectivity index (χ1v) is 10.2. The van der Waals surface area contributed by atoms with Crippen LogP contribution >= 0.6 is 0 Å². The lowest BCUT2D eigenvalue weighted by Gasteiger charge is -2.36. The number of piperazine rings is 1. The van der Waals surface area contributed by atoms with Crippen LogP contribution in [0, 0.1) is 13.8 Å². The van der Waals surface area contributed by atoms with Gasteiger partial charge >= 0.3 is 0 Å². The number of likely N-dealkylation sites (tertiary alicyclic amines) is 1. The van der Waals surface area contributed by atoms with Gasteiger partial charge in [0.1, 0.15) is 5.82 Å². The molecule has 0 bridgehead atoms. The van der Waals surface area contributed by atoms with Crippen molar-refractivity contribution >= 4 is 11.7 Å². The molecule has 8 nitrogen and oxygen atoms in total. The van der Waals surface area contributed by atoms with Gasteiger partial charge in [-0.15, -0.1) is 0 Å². The van der Waals surface area contributed by atoms with E-state index in [1.54, 1.807) is 6.20 Å². The molecule has 2 aliphatic rings. The van der Waals surface area contributed by atoms with Gasteiger partial charge < -0.3 is 9.80 Å². The summed E-state index contributed by atoms with van der Waals surface area (Å²) in [6.45, 7) is 9.81. The lowest BCUT2D eigenvalue weighted by atomic mass is 10.1. The summed E-state index contributed by atoms with van der Waals surface area (Å²) in [5, 5.41) is 4.50. The average Bonchev–Trinajstić information content (AvgIpc) is 3.07. The van der Waals surface area contributed by atoms with E-state index >= 15 is 0 Å². The predicted octanol–water partition coefficient (Wildman–Crippen LogP) is 1.41. The van der Waals surface area contributed by atoms with Crippen LogP contribution in [-0.2, 0) is 4.79 Å². The maximum Gasteiger partial charge on any atom is 0.236 e. The maximum absolute atomic E-state index is 12.5. The highest BCUT2D eigenvalue weighted by Crippen LogP contribution is 2.16. The smallest absolute Gasteiger partial charge is 0.236 e. The van der Waals surface area contributed by atoms with Crippen LogP contribution in [0.5, 0.6) is 0 Å². The predicted molar refractivity (Wildman–Crippen MR) is 108 cm³/mol. The van der Waals surface area contributed by atoms with E-state index in [0.29, 0.717) is 6.54 Å². The lowest BCUT2D eigenvalue weighted by molar-refractivity contribution is -0.133. The zero-order valence-corrected chi connectivity index (χ0v) is 16.8. The third-order valence-corrected chi connectivity index (χ3v) is 5.60. The van der Waals surface area contributed by atoms with Crippen molar-refractivity contribution in [1.29, 1.82) is 0 Å². The first-order valence-electron chi connectivity index (χ1n) is 10.2. The van der Waals surface area contributed by atoms with Crippen molar-refractivity contribution < 1.29 is 4.79 Å². The molecule has 150 valence electrons. The molecule has 0 unspecified atom stereocenters. The standard InChI is InChI=1S/C20H29N7O/c1-16-12-17(2)27(23-16)19-14-21-13-18(22-19)25-10-8-24(9-11-25)15-20(28)26-6-4-3-5-7-26/h12-14H,3-11,15H2,1-2H3. The molecule has 2 fully saturated rings. The Bertz CT molecular complexity index is 820. The molecule has 28 heavy (non-hydrogen) atoms. The molecular weight excluding hydrogens is 354 g/mol. The highest BCUT2D eigenvalue weighted by molar-refractivity contribution is 5.78. The van der Waals surface area contributed by atoms with E-state index in [-0.39, 0.29) is 5.91 Å². The molecule has 2 saturated heterocycles. The maximum atomic E-state index is 12.5. The number of hydrogen-bond donors (Lipinski definition) is 0. The second-order valence-corrected chi connectivity index (χ2v) is 7.78. The normalized spacial score (nSPS) is 18.5. The van der Waals surface area contributed by atoms with Crippen molar-refractivity contribution in [2.75, 3.05) is 50.7 Å². The zero-order valence-electron chi connectivity index (χ0n) is 16.8. The van der Waals surface area contributed by atoms with Crippen molar-refractivity contribution in [3.05, 3.63) is 29.8 Å². The van der Waals surface area contributed by atoms with Crippen molar-refractivity contribution in [1.82, 2.24) is 29.5 Å². The molecule has 0 radical (unpaired) electrons. The Morgan fingerprint density at radius 2 is 1.68 bits per heavy atom. The van der Waals surface area contributed by atoms with Gasteiger partial charge in [0, 0.05) is 45.0 Å². The number of piperidine rings is 1. The third kappa shape index (κ3) is 4.16. The summed E-state index contributed by atoms with van der Waals surface area (Å²) in [5.41, 5.74) is 2.02. The van der Waals surface area contributed by atoms with Crippen molar-refractivity contribution in [2.24, 2.45) is 0 Å². The Morgan fingerprint density at radius 3 is 2.36 bits per heavy atom. The summed E-state index contributed by atoms with van der Waals surface area (Å²) in [5.74, 6) is 1.89. The van der Waals surface area contributed by atoms with Crippen molar-refractivity contribution in [3.8, 4) is 5.82 Å². The van der Waals surface area contributed by atoms with Crippen molar-refractivity contribution in [3.63, 3.8) is 0 Å². The Morgan fingerprint density at radius 1 is 0.964 bits per heavy atom. The summed E-state index contributed by atoms with van der Waals surface area (Å²) >= 11 is 0. The highest BCUT2D eigenvalue weighted by atomic mass is 16.2. The van der Waals surface area contributed by atoms with Crippen LogP contribution in [0.4, 0.5) is 5.82 Å². The molecule has 2 aliphatic heterocycles. The first-order chi connectivity index (χ1) is 13.6. The van der Waals surface area contributed by atoms with Gasteiger partial charge in [-0.25, -0.2) is 9.67 Å². The zero-order chi connectivity index (χ0) is 19.5. The number of nitrogens with zero attached hydrogens (tertiary/aromatic N) is 7. The van der Waals surface area contributed by atoms with E-state index in [2.05, 4.69) is 19.9 Å². The summed E-state index contributed by atoms with van der Waals surface area (Å²) in [7, 11) is 0. The van der Waals surface area contributed by atoms with Crippen LogP contribution in [0.3, 0.4) is 0 Å². The fourth-order valence-electron chi connectivity index (χ4n) is 4.03. The van der Waals surface area contributed by atoms with Crippen LogP contribution in [0.2, 0.25) is 0 Å². The number of anilines is 1. The summed E-state index contributed by atoms with van der Waals surface area (Å²) in [4.78, 5) is 28.2. The molecule has 2 aromatic heterocycles. The monoisotopic (exact) mass is 383 g/mol. The van der Waals surface area contributed by atoms with Crippen LogP contribution in [0.1, 0.15) is 30.7 Å². The number of rotatable bonds is 4. The first kappa shape index (κ1) is 18.9. The minimum Gasteiger partial charge on any atom is -0.353 e. The average molecular weight is 384 g/mol. The molecule has 4 rings (SSSR count). The van der Waals surface area contributed by atoms with Crippen LogP contribution in [-0.4, -0.2) is 81.3 Å². The topological polar surface area (TPSA) is 70.4 Å². The fourth-order valence-corrected chi connectivity index (χ4v) is 4.03. The van der Waals surface area contributed by atoms with Gasteiger partial charge in [0.05, 0.1) is 24.6 Å². The highest BCUT2D eigenvalue weighted by Gasteiger charge is 2.23. The molecular formula is C20H29N7O. The largest absolute Gasteiger partial charge is 0.353 e. The van der Waals surface area contributed by atoms with Crippen molar-refractivity contribution in [2.45, 2.75) is 33.1 Å². The summed E-state index contributed by atoms with van der Waals surface area (Å²) in [6.07, 6.45) is 7.09. The van der Waals surface area contributed by atoms with Gasteiger partial charge in [-0.05, 0) is 39.2 Å². The van der Waals surface area contributed by atoms with E-state index in [0.717, 1.165) is 75.1 Å². The summed E-state index contributed by atoms with van der Waals surface area (Å²) < 4.78 is 1.83. The fraction of sp³-hybridized carbons (Fsp3) is 0.600. The molecule has 0 saturated carbocycles. The Labute approximate surface area is 166 Å². The molecule has 0 N–H and O–H groups in total. The number of aromatic nitrogens is 4.